The minimum Gasteiger partial charge on any atom is -0.480 e. The second-order valence-electron chi connectivity index (χ2n) is 2.54. The van der Waals surface area contributed by atoms with Crippen LogP contribution in [-0.4, -0.2) is 42.8 Å². The van der Waals surface area contributed by atoms with E-state index in [4.69, 9.17) is 10.8 Å². The van der Waals surface area contributed by atoms with Crippen molar-refractivity contribution in [1.29, 1.82) is 0 Å². The molecule has 0 rings (SSSR count). The highest BCUT2D eigenvalue weighted by Gasteiger charge is 1.97. The Bertz CT molecular complexity index is 117. The smallest absolute Gasteiger partial charge is 0.317 e. The summed E-state index contributed by atoms with van der Waals surface area (Å²) >= 11 is 0. The van der Waals surface area contributed by atoms with Gasteiger partial charge in [-0.15, -0.1) is 0 Å². The summed E-state index contributed by atoms with van der Waals surface area (Å²) in [7, 11) is 3.96. The molecule has 0 saturated heterocycles. The van der Waals surface area contributed by atoms with E-state index >= 15 is 0 Å². The van der Waals surface area contributed by atoms with E-state index in [1.54, 1.807) is 0 Å². The quantitative estimate of drug-likeness (QED) is 0.494. The van der Waals surface area contributed by atoms with Gasteiger partial charge in [0.15, 0.2) is 0 Å². The Labute approximate surface area is 73.3 Å². The molecule has 74 valence electrons. The summed E-state index contributed by atoms with van der Waals surface area (Å²) in [6.45, 7) is 1.80. The van der Waals surface area contributed by atoms with Crippen LogP contribution in [0.3, 0.4) is 0 Å². The molecule has 0 heterocycles. The van der Waals surface area contributed by atoms with Gasteiger partial charge in [-0.2, -0.15) is 0 Å². The highest BCUT2D eigenvalue weighted by atomic mass is 16.4. The summed E-state index contributed by atoms with van der Waals surface area (Å²) in [5, 5.41) is 7.60. The molecule has 0 aliphatic heterocycles. The first kappa shape index (κ1) is 13.9. The highest BCUT2D eigenvalue weighted by Crippen LogP contribution is 1.86. The van der Waals surface area contributed by atoms with E-state index in [1.807, 2.05) is 19.0 Å². The molecule has 0 spiro atoms. The molecular weight excluding hydrogens is 158 g/mol. The van der Waals surface area contributed by atoms with Crippen molar-refractivity contribution >= 4 is 5.97 Å². The SMILES string of the molecule is CCC(N)N(C)C.NCC(=O)O. The minimum absolute atomic E-state index is 0.236. The molecule has 5 nitrogen and oxygen atoms in total. The predicted octanol–water partition coefficient (Wildman–Crippen LogP) is -0.727. The lowest BCUT2D eigenvalue weighted by molar-refractivity contribution is -0.135. The summed E-state index contributed by atoms with van der Waals surface area (Å²) in [5.74, 6) is -0.968. The van der Waals surface area contributed by atoms with Crippen molar-refractivity contribution in [2.45, 2.75) is 19.5 Å². The lowest BCUT2D eigenvalue weighted by Crippen LogP contribution is -2.35. The molecule has 5 heteroatoms. The van der Waals surface area contributed by atoms with Gasteiger partial charge in [-0.1, -0.05) is 6.92 Å². The molecule has 0 aliphatic rings. The Morgan fingerprint density at radius 3 is 1.92 bits per heavy atom. The molecule has 0 aromatic heterocycles. The van der Waals surface area contributed by atoms with E-state index in [0.29, 0.717) is 0 Å². The van der Waals surface area contributed by atoms with Gasteiger partial charge in [0, 0.05) is 0 Å². The van der Waals surface area contributed by atoms with Crippen molar-refractivity contribution in [3.05, 3.63) is 0 Å². The van der Waals surface area contributed by atoms with Gasteiger partial charge >= 0.3 is 5.97 Å². The van der Waals surface area contributed by atoms with Crippen LogP contribution in [0.25, 0.3) is 0 Å². The van der Waals surface area contributed by atoms with Gasteiger partial charge in [0.2, 0.25) is 0 Å². The average Bonchev–Trinajstić information content (AvgIpc) is 2.04. The Balaban J connectivity index is 0. The van der Waals surface area contributed by atoms with Crippen molar-refractivity contribution in [3.63, 3.8) is 0 Å². The molecule has 0 amide bonds. The van der Waals surface area contributed by atoms with E-state index in [9.17, 15) is 4.79 Å². The fourth-order valence-corrected chi connectivity index (χ4v) is 0.365. The van der Waals surface area contributed by atoms with Crippen molar-refractivity contribution < 1.29 is 9.90 Å². The normalized spacial score (nSPS) is 11.8. The van der Waals surface area contributed by atoms with E-state index < -0.39 is 5.97 Å². The Kier molecular flexibility index (Phi) is 9.79. The first-order chi connectivity index (χ1) is 5.45. The zero-order valence-electron chi connectivity index (χ0n) is 7.95. The largest absolute Gasteiger partial charge is 0.480 e. The van der Waals surface area contributed by atoms with Gasteiger partial charge in [-0.05, 0) is 20.5 Å². The molecule has 5 N–H and O–H groups in total. The lowest BCUT2D eigenvalue weighted by Gasteiger charge is -2.16. The maximum atomic E-state index is 9.24. The number of hydrogen-bond donors (Lipinski definition) is 3. The third-order valence-corrected chi connectivity index (χ3v) is 1.26. The van der Waals surface area contributed by atoms with Crippen molar-refractivity contribution in [3.8, 4) is 0 Å². The third kappa shape index (κ3) is 12.1. The van der Waals surface area contributed by atoms with Crippen molar-refractivity contribution in [2.75, 3.05) is 20.6 Å². The van der Waals surface area contributed by atoms with Gasteiger partial charge in [0.05, 0.1) is 12.7 Å². The molecule has 1 atom stereocenters. The number of carboxylic acid groups (broad SMARTS) is 1. The molecule has 0 aromatic carbocycles. The van der Waals surface area contributed by atoms with E-state index in [2.05, 4.69) is 12.7 Å². The summed E-state index contributed by atoms with van der Waals surface area (Å²) in [4.78, 5) is 11.2. The number of nitrogens with zero attached hydrogens (tertiary/aromatic N) is 1. The first-order valence-corrected chi connectivity index (χ1v) is 3.79. The summed E-state index contributed by atoms with van der Waals surface area (Å²) in [6.07, 6.45) is 1.26. The zero-order valence-corrected chi connectivity index (χ0v) is 7.95. The number of carbonyl (C=O) groups is 1. The second kappa shape index (κ2) is 8.45. The van der Waals surface area contributed by atoms with Gasteiger partial charge in [0.1, 0.15) is 0 Å². The molecule has 12 heavy (non-hydrogen) atoms. The fraction of sp³-hybridized carbons (Fsp3) is 0.857. The standard InChI is InChI=1S/C5H14N2.C2H5NO2/c1-4-5(6)7(2)3;3-1-2(4)5/h5H,4,6H2,1-3H3;1,3H2,(H,4,5). The van der Waals surface area contributed by atoms with Gasteiger partial charge in [-0.25, -0.2) is 0 Å². The monoisotopic (exact) mass is 177 g/mol. The molecule has 0 saturated carbocycles. The number of nitrogens with two attached hydrogens (primary N) is 2. The Hall–Kier alpha value is -0.650. The van der Waals surface area contributed by atoms with Crippen LogP contribution in [0.2, 0.25) is 0 Å². The van der Waals surface area contributed by atoms with Gasteiger partial charge in [0.25, 0.3) is 0 Å². The van der Waals surface area contributed by atoms with E-state index in [-0.39, 0.29) is 12.7 Å². The van der Waals surface area contributed by atoms with Crippen LogP contribution in [0, 0.1) is 0 Å². The van der Waals surface area contributed by atoms with Crippen LogP contribution < -0.4 is 11.5 Å². The molecule has 0 aromatic rings. The molecule has 0 fully saturated rings. The van der Waals surface area contributed by atoms with Crippen LogP contribution in [-0.2, 0) is 4.79 Å². The van der Waals surface area contributed by atoms with Crippen LogP contribution >= 0.6 is 0 Å². The number of aliphatic carboxylic acids is 1. The van der Waals surface area contributed by atoms with Crippen LogP contribution in [0.15, 0.2) is 0 Å². The average molecular weight is 177 g/mol. The first-order valence-electron chi connectivity index (χ1n) is 3.79. The fourth-order valence-electron chi connectivity index (χ4n) is 0.365. The highest BCUT2D eigenvalue weighted by molar-refractivity contribution is 5.68. The van der Waals surface area contributed by atoms with Crippen molar-refractivity contribution in [1.82, 2.24) is 4.90 Å². The maximum Gasteiger partial charge on any atom is 0.317 e. The van der Waals surface area contributed by atoms with E-state index in [1.165, 1.54) is 0 Å². The Morgan fingerprint density at radius 2 is 1.92 bits per heavy atom. The maximum absolute atomic E-state index is 9.24. The molecule has 0 aliphatic carbocycles. The van der Waals surface area contributed by atoms with Crippen LogP contribution in [0.1, 0.15) is 13.3 Å². The summed E-state index contributed by atoms with van der Waals surface area (Å²) < 4.78 is 0. The minimum atomic E-state index is -0.968. The molecule has 0 bridgehead atoms. The lowest BCUT2D eigenvalue weighted by atomic mass is 10.4. The summed E-state index contributed by atoms with van der Waals surface area (Å²) in [5.41, 5.74) is 10.1. The predicted molar refractivity (Wildman–Crippen MR) is 48.6 cm³/mol. The van der Waals surface area contributed by atoms with Gasteiger partial charge in [-0.3, -0.25) is 9.69 Å². The molecular formula is C7H19N3O2. The van der Waals surface area contributed by atoms with Crippen LogP contribution in [0.4, 0.5) is 0 Å². The topological polar surface area (TPSA) is 92.6 Å². The summed E-state index contributed by atoms with van der Waals surface area (Å²) in [6, 6.07) is 0. The number of carboxylic acids is 1. The number of rotatable bonds is 3. The molecule has 0 radical (unpaired) electrons. The third-order valence-electron chi connectivity index (χ3n) is 1.26. The van der Waals surface area contributed by atoms with Gasteiger partial charge < -0.3 is 16.6 Å². The number of hydrogen-bond acceptors (Lipinski definition) is 4. The van der Waals surface area contributed by atoms with Crippen molar-refractivity contribution in [2.24, 2.45) is 11.5 Å². The second-order valence-corrected chi connectivity index (χ2v) is 2.54. The zero-order chi connectivity index (χ0) is 10.1. The molecule has 1 unspecified atom stereocenters. The van der Waals surface area contributed by atoms with Crippen LogP contribution in [0.5, 0.6) is 0 Å². The van der Waals surface area contributed by atoms with E-state index in [0.717, 1.165) is 6.42 Å². The Morgan fingerprint density at radius 1 is 1.58 bits per heavy atom.